The summed E-state index contributed by atoms with van der Waals surface area (Å²) in [6.07, 6.45) is 5.04. The average Bonchev–Trinajstić information content (AvgIpc) is 2.80. The van der Waals surface area contributed by atoms with Crippen LogP contribution in [0.1, 0.15) is 17.3 Å². The number of hydrogen-bond acceptors (Lipinski definition) is 6. The number of amides is 1. The van der Waals surface area contributed by atoms with E-state index in [-0.39, 0.29) is 17.8 Å². The molecule has 1 aliphatic heterocycles. The molecule has 1 saturated heterocycles. The summed E-state index contributed by atoms with van der Waals surface area (Å²) in [5, 5.41) is 3.04. The summed E-state index contributed by atoms with van der Waals surface area (Å²) in [6, 6.07) is 11.5. The maximum atomic E-state index is 14.1. The average molecular weight is 420 g/mol. The van der Waals surface area contributed by atoms with Crippen molar-refractivity contribution in [1.82, 2.24) is 25.2 Å². The van der Waals surface area contributed by atoms with Gasteiger partial charge in [-0.15, -0.1) is 0 Å². The van der Waals surface area contributed by atoms with E-state index in [0.717, 1.165) is 38.7 Å². The Kier molecular flexibility index (Phi) is 6.47. The smallest absolute Gasteiger partial charge is 0.251 e. The number of benzene rings is 1. The first kappa shape index (κ1) is 20.9. The van der Waals surface area contributed by atoms with Crippen molar-refractivity contribution >= 4 is 11.9 Å². The second kappa shape index (κ2) is 9.61. The molecule has 1 unspecified atom stereocenters. The first-order valence-electron chi connectivity index (χ1n) is 10.4. The van der Waals surface area contributed by atoms with Crippen LogP contribution in [0.3, 0.4) is 0 Å². The van der Waals surface area contributed by atoms with Gasteiger partial charge in [-0.3, -0.25) is 14.7 Å². The van der Waals surface area contributed by atoms with Gasteiger partial charge in [0.25, 0.3) is 5.91 Å². The monoisotopic (exact) mass is 420 g/mol. The molecule has 1 aliphatic rings. The van der Waals surface area contributed by atoms with Crippen LogP contribution >= 0.6 is 0 Å². The minimum atomic E-state index is -0.360. The fourth-order valence-corrected chi connectivity index (χ4v) is 3.71. The Hall–Kier alpha value is -3.39. The van der Waals surface area contributed by atoms with Gasteiger partial charge in [0.05, 0.1) is 5.69 Å². The highest BCUT2D eigenvalue weighted by Gasteiger charge is 2.21. The van der Waals surface area contributed by atoms with Gasteiger partial charge in [0.2, 0.25) is 5.95 Å². The van der Waals surface area contributed by atoms with E-state index in [1.807, 2.05) is 13.0 Å². The number of carbonyl (C=O) groups excluding carboxylic acids is 1. The second-order valence-electron chi connectivity index (χ2n) is 7.62. The summed E-state index contributed by atoms with van der Waals surface area (Å²) in [5.74, 6) is 0.205. The lowest BCUT2D eigenvalue weighted by atomic mass is 10.1. The van der Waals surface area contributed by atoms with Gasteiger partial charge in [0.1, 0.15) is 5.82 Å². The quantitative estimate of drug-likeness (QED) is 0.661. The highest BCUT2D eigenvalue weighted by molar-refractivity contribution is 5.95. The van der Waals surface area contributed by atoms with Crippen molar-refractivity contribution in [1.29, 1.82) is 0 Å². The number of carbonyl (C=O) groups is 1. The minimum Gasteiger partial charge on any atom is -0.348 e. The Morgan fingerprint density at radius 1 is 1.03 bits per heavy atom. The van der Waals surface area contributed by atoms with E-state index in [9.17, 15) is 9.18 Å². The first-order chi connectivity index (χ1) is 15.1. The maximum Gasteiger partial charge on any atom is 0.251 e. The number of aromatic nitrogens is 3. The van der Waals surface area contributed by atoms with Gasteiger partial charge in [-0.25, -0.2) is 14.4 Å². The first-order valence-corrected chi connectivity index (χ1v) is 10.4. The molecule has 0 saturated carbocycles. The number of rotatable bonds is 6. The van der Waals surface area contributed by atoms with Gasteiger partial charge in [-0.05, 0) is 37.3 Å². The molecule has 1 fully saturated rings. The molecule has 8 heteroatoms. The fourth-order valence-electron chi connectivity index (χ4n) is 3.71. The molecule has 1 aromatic carbocycles. The summed E-state index contributed by atoms with van der Waals surface area (Å²) >= 11 is 0. The van der Waals surface area contributed by atoms with Crippen LogP contribution in [-0.4, -0.2) is 64.5 Å². The predicted octanol–water partition coefficient (Wildman–Crippen LogP) is 2.62. The van der Waals surface area contributed by atoms with E-state index in [1.54, 1.807) is 42.7 Å². The normalized spacial score (nSPS) is 15.5. The van der Waals surface area contributed by atoms with Crippen LogP contribution in [0.5, 0.6) is 0 Å². The molecule has 0 aliphatic carbocycles. The van der Waals surface area contributed by atoms with Gasteiger partial charge >= 0.3 is 0 Å². The summed E-state index contributed by atoms with van der Waals surface area (Å²) in [7, 11) is 0. The number of nitrogens with zero attached hydrogens (tertiary/aromatic N) is 5. The molecule has 3 aromatic rings. The second-order valence-corrected chi connectivity index (χ2v) is 7.62. The third kappa shape index (κ3) is 5.21. The van der Waals surface area contributed by atoms with Gasteiger partial charge in [-0.1, -0.05) is 12.1 Å². The molecule has 2 aromatic heterocycles. The van der Waals surface area contributed by atoms with Crippen molar-refractivity contribution in [2.45, 2.75) is 13.0 Å². The lowest BCUT2D eigenvalue weighted by Gasteiger charge is -2.35. The Morgan fingerprint density at radius 3 is 2.52 bits per heavy atom. The van der Waals surface area contributed by atoms with E-state index in [1.165, 1.54) is 12.3 Å². The van der Waals surface area contributed by atoms with E-state index >= 15 is 0 Å². The van der Waals surface area contributed by atoms with Gasteiger partial charge in [-0.2, -0.15) is 0 Å². The SMILES string of the molecule is CC(CN1CCN(c2ncccn2)CC1)NC(=O)c1ccnc(-c2ccccc2F)c1. The zero-order chi connectivity index (χ0) is 21.6. The van der Waals surface area contributed by atoms with Crippen molar-refractivity contribution in [3.63, 3.8) is 0 Å². The van der Waals surface area contributed by atoms with Crippen LogP contribution in [0, 0.1) is 5.82 Å². The number of hydrogen-bond donors (Lipinski definition) is 1. The molecule has 1 N–H and O–H groups in total. The van der Waals surface area contributed by atoms with Crippen LogP contribution in [0.2, 0.25) is 0 Å². The van der Waals surface area contributed by atoms with Crippen LogP contribution in [-0.2, 0) is 0 Å². The van der Waals surface area contributed by atoms with Gasteiger partial charge in [0, 0.05) is 68.5 Å². The molecular weight excluding hydrogens is 395 g/mol. The van der Waals surface area contributed by atoms with E-state index < -0.39 is 0 Å². The van der Waals surface area contributed by atoms with Crippen molar-refractivity contribution < 1.29 is 9.18 Å². The van der Waals surface area contributed by atoms with E-state index in [0.29, 0.717) is 16.8 Å². The lowest BCUT2D eigenvalue weighted by Crippen LogP contribution is -2.51. The molecule has 3 heterocycles. The molecule has 1 amide bonds. The number of anilines is 1. The zero-order valence-electron chi connectivity index (χ0n) is 17.4. The molecule has 31 heavy (non-hydrogen) atoms. The Labute approximate surface area is 181 Å². The van der Waals surface area contributed by atoms with Gasteiger partial charge in [0.15, 0.2) is 0 Å². The third-order valence-electron chi connectivity index (χ3n) is 5.29. The summed E-state index contributed by atoms with van der Waals surface area (Å²) in [6.45, 7) is 6.20. The highest BCUT2D eigenvalue weighted by Crippen LogP contribution is 2.21. The van der Waals surface area contributed by atoms with Gasteiger partial charge < -0.3 is 10.2 Å². The van der Waals surface area contributed by atoms with Crippen LogP contribution < -0.4 is 10.2 Å². The Balaban J connectivity index is 1.31. The van der Waals surface area contributed by atoms with E-state index in [4.69, 9.17) is 0 Å². The van der Waals surface area contributed by atoms with Crippen molar-refractivity contribution in [2.75, 3.05) is 37.6 Å². The van der Waals surface area contributed by atoms with Crippen molar-refractivity contribution in [3.05, 3.63) is 72.4 Å². The summed E-state index contributed by atoms with van der Waals surface area (Å²) in [4.78, 5) is 30.0. The predicted molar refractivity (Wildman–Crippen MR) is 117 cm³/mol. The highest BCUT2D eigenvalue weighted by atomic mass is 19.1. The van der Waals surface area contributed by atoms with Crippen molar-refractivity contribution in [3.8, 4) is 11.3 Å². The fraction of sp³-hybridized carbons (Fsp3) is 0.304. The molecule has 4 rings (SSSR count). The number of halogens is 1. The summed E-state index contributed by atoms with van der Waals surface area (Å²) in [5.41, 5.74) is 1.29. The topological polar surface area (TPSA) is 74.2 Å². The standard InChI is InChI=1S/C23H25FN6O/c1-17(16-29-11-13-30(14-12-29)23-26-8-4-9-27-23)28-22(31)18-7-10-25-21(15-18)19-5-2-3-6-20(19)24/h2-10,15,17H,11-14,16H2,1H3,(H,28,31). The summed E-state index contributed by atoms with van der Waals surface area (Å²) < 4.78 is 14.1. The third-order valence-corrected chi connectivity index (χ3v) is 5.29. The minimum absolute atomic E-state index is 0.0305. The Bertz CT molecular complexity index is 1020. The molecular formula is C23H25FN6O. The maximum absolute atomic E-state index is 14.1. The number of piperazine rings is 1. The molecule has 0 bridgehead atoms. The number of nitrogens with one attached hydrogen (secondary N) is 1. The zero-order valence-corrected chi connectivity index (χ0v) is 17.4. The molecule has 0 radical (unpaired) electrons. The Morgan fingerprint density at radius 2 is 1.77 bits per heavy atom. The lowest BCUT2D eigenvalue weighted by molar-refractivity contribution is 0.0928. The van der Waals surface area contributed by atoms with Crippen LogP contribution in [0.15, 0.2) is 61.1 Å². The van der Waals surface area contributed by atoms with Crippen LogP contribution in [0.25, 0.3) is 11.3 Å². The van der Waals surface area contributed by atoms with Crippen LogP contribution in [0.4, 0.5) is 10.3 Å². The largest absolute Gasteiger partial charge is 0.348 e. The molecule has 1 atom stereocenters. The number of pyridine rings is 1. The van der Waals surface area contributed by atoms with Crippen molar-refractivity contribution in [2.24, 2.45) is 0 Å². The van der Waals surface area contributed by atoms with E-state index in [2.05, 4.69) is 30.1 Å². The molecule has 0 spiro atoms. The molecule has 7 nitrogen and oxygen atoms in total. The molecule has 160 valence electrons.